The van der Waals surface area contributed by atoms with Crippen LogP contribution in [0.25, 0.3) is 0 Å². The van der Waals surface area contributed by atoms with Crippen LogP contribution in [-0.4, -0.2) is 49.0 Å². The fourth-order valence-corrected chi connectivity index (χ4v) is 4.04. The monoisotopic (exact) mass is 338 g/mol. The van der Waals surface area contributed by atoms with E-state index in [1.54, 1.807) is 6.20 Å². The highest BCUT2D eigenvalue weighted by Crippen LogP contribution is 2.47. The van der Waals surface area contributed by atoms with Gasteiger partial charge >= 0.3 is 0 Å². The third-order valence-corrected chi connectivity index (χ3v) is 5.84. The Balaban J connectivity index is 1.40. The molecule has 2 aromatic heterocycles. The van der Waals surface area contributed by atoms with Gasteiger partial charge in [0.25, 0.3) is 5.91 Å². The zero-order valence-corrected chi connectivity index (χ0v) is 14.4. The zero-order valence-electron chi connectivity index (χ0n) is 14.4. The highest BCUT2D eigenvalue weighted by molar-refractivity contribution is 5.95. The second kappa shape index (κ2) is 5.61. The summed E-state index contributed by atoms with van der Waals surface area (Å²) in [6, 6.07) is 0. The number of hydrogen-bond acceptors (Lipinski definition) is 5. The summed E-state index contributed by atoms with van der Waals surface area (Å²) in [5, 5.41) is 7.59. The van der Waals surface area contributed by atoms with E-state index in [2.05, 4.69) is 20.2 Å². The van der Waals surface area contributed by atoms with E-state index in [1.165, 1.54) is 32.0 Å². The number of likely N-dealkylation sites (tertiary alicyclic amines) is 1. The Labute approximate surface area is 146 Å². The molecular formula is C18H22N6O. The minimum Gasteiger partial charge on any atom is -0.337 e. The molecule has 3 fully saturated rings. The van der Waals surface area contributed by atoms with Crippen LogP contribution >= 0.6 is 0 Å². The Morgan fingerprint density at radius 3 is 2.80 bits per heavy atom. The molecule has 2 saturated carbocycles. The van der Waals surface area contributed by atoms with Gasteiger partial charge in [0.1, 0.15) is 12.2 Å². The number of amides is 1. The van der Waals surface area contributed by atoms with Gasteiger partial charge in [-0.3, -0.25) is 9.89 Å². The Kier molecular flexibility index (Phi) is 3.36. The maximum Gasteiger partial charge on any atom is 0.257 e. The first-order valence-corrected chi connectivity index (χ1v) is 9.18. The number of carbonyl (C=O) groups excluding carboxylic acids is 1. The minimum absolute atomic E-state index is 0.0354. The number of nitrogens with zero attached hydrogens (tertiary/aromatic N) is 5. The van der Waals surface area contributed by atoms with Crippen LogP contribution in [0.15, 0.2) is 12.5 Å². The van der Waals surface area contributed by atoms with Crippen LogP contribution in [0, 0.1) is 18.8 Å². The molecule has 25 heavy (non-hydrogen) atoms. The second-order valence-electron chi connectivity index (χ2n) is 7.69. The Morgan fingerprint density at radius 1 is 1.24 bits per heavy atom. The van der Waals surface area contributed by atoms with Gasteiger partial charge < -0.3 is 4.90 Å². The largest absolute Gasteiger partial charge is 0.337 e. The molecule has 7 heteroatoms. The normalized spacial score (nSPS) is 26.2. The summed E-state index contributed by atoms with van der Waals surface area (Å²) in [6.07, 6.45) is 8.04. The second-order valence-corrected chi connectivity index (χ2v) is 7.69. The molecule has 0 bridgehead atoms. The first-order valence-electron chi connectivity index (χ1n) is 9.18. The van der Waals surface area contributed by atoms with Gasteiger partial charge in [-0.25, -0.2) is 15.0 Å². The maximum atomic E-state index is 13.0. The molecule has 5 rings (SSSR count). The van der Waals surface area contributed by atoms with E-state index in [0.29, 0.717) is 29.9 Å². The average molecular weight is 338 g/mol. The number of aromatic amines is 1. The summed E-state index contributed by atoms with van der Waals surface area (Å²) in [7, 11) is 0. The van der Waals surface area contributed by atoms with Gasteiger partial charge in [0.15, 0.2) is 5.82 Å². The summed E-state index contributed by atoms with van der Waals surface area (Å²) in [4.78, 5) is 27.9. The summed E-state index contributed by atoms with van der Waals surface area (Å²) < 4.78 is 0. The summed E-state index contributed by atoms with van der Waals surface area (Å²) >= 11 is 0. The standard InChI is InChI=1S/C18H22N6O/c1-10-13(6-19-9-20-10)18(25)24-7-14(11-2-3-11)15(8-24)17-21-16(22-23-17)12-4-5-12/h6,9,11-12,14-15H,2-5,7-8H2,1H3,(H,21,22,23)/t14-,15+/m1/s1. The maximum absolute atomic E-state index is 13.0. The first-order chi connectivity index (χ1) is 12.2. The molecule has 130 valence electrons. The Bertz CT molecular complexity index is 809. The van der Waals surface area contributed by atoms with Gasteiger partial charge in [-0.05, 0) is 44.4 Å². The molecule has 7 nitrogen and oxygen atoms in total. The molecule has 3 heterocycles. The molecule has 2 aliphatic carbocycles. The van der Waals surface area contributed by atoms with Crippen molar-refractivity contribution in [2.24, 2.45) is 11.8 Å². The Hall–Kier alpha value is -2.31. The predicted octanol–water partition coefficient (Wildman–Crippen LogP) is 2.05. The fourth-order valence-electron chi connectivity index (χ4n) is 4.04. The molecule has 0 unspecified atom stereocenters. The highest BCUT2D eigenvalue weighted by atomic mass is 16.2. The van der Waals surface area contributed by atoms with E-state index >= 15 is 0 Å². The molecule has 0 spiro atoms. The number of aromatic nitrogens is 5. The lowest BCUT2D eigenvalue weighted by molar-refractivity contribution is 0.0783. The van der Waals surface area contributed by atoms with Crippen molar-refractivity contribution >= 4 is 5.91 Å². The fraction of sp³-hybridized carbons (Fsp3) is 0.611. The van der Waals surface area contributed by atoms with E-state index in [0.717, 1.165) is 23.9 Å². The lowest BCUT2D eigenvalue weighted by Crippen LogP contribution is -2.30. The van der Waals surface area contributed by atoms with Crippen LogP contribution in [0.4, 0.5) is 0 Å². The number of H-pyrrole nitrogens is 1. The number of carbonyl (C=O) groups is 1. The van der Waals surface area contributed by atoms with Crippen LogP contribution in [0.1, 0.15) is 65.2 Å². The number of rotatable bonds is 4. The van der Waals surface area contributed by atoms with Crippen molar-refractivity contribution in [1.82, 2.24) is 30.0 Å². The molecule has 2 atom stereocenters. The van der Waals surface area contributed by atoms with Crippen molar-refractivity contribution in [3.8, 4) is 0 Å². The highest BCUT2D eigenvalue weighted by Gasteiger charge is 2.46. The van der Waals surface area contributed by atoms with Gasteiger partial charge in [-0.2, -0.15) is 5.10 Å². The van der Waals surface area contributed by atoms with Crippen LogP contribution in [0.2, 0.25) is 0 Å². The van der Waals surface area contributed by atoms with Gasteiger partial charge in [-0.15, -0.1) is 0 Å². The van der Waals surface area contributed by atoms with E-state index in [4.69, 9.17) is 4.98 Å². The van der Waals surface area contributed by atoms with Crippen molar-refractivity contribution in [2.75, 3.05) is 13.1 Å². The van der Waals surface area contributed by atoms with E-state index in [9.17, 15) is 4.79 Å². The van der Waals surface area contributed by atoms with E-state index < -0.39 is 0 Å². The van der Waals surface area contributed by atoms with Gasteiger partial charge in [0.2, 0.25) is 0 Å². The van der Waals surface area contributed by atoms with Gasteiger partial charge in [0, 0.05) is 31.1 Å². The quantitative estimate of drug-likeness (QED) is 0.922. The molecule has 1 saturated heterocycles. The molecule has 0 radical (unpaired) electrons. The number of nitrogens with one attached hydrogen (secondary N) is 1. The topological polar surface area (TPSA) is 87.7 Å². The molecule has 1 amide bonds. The van der Waals surface area contributed by atoms with Crippen molar-refractivity contribution in [3.63, 3.8) is 0 Å². The van der Waals surface area contributed by atoms with Crippen LogP contribution in [0.3, 0.4) is 0 Å². The van der Waals surface area contributed by atoms with Gasteiger partial charge in [-0.1, -0.05) is 0 Å². The molecule has 1 aliphatic heterocycles. The predicted molar refractivity (Wildman–Crippen MR) is 90.0 cm³/mol. The molecule has 0 aromatic carbocycles. The van der Waals surface area contributed by atoms with E-state index in [-0.39, 0.29) is 11.8 Å². The van der Waals surface area contributed by atoms with Crippen LogP contribution < -0.4 is 0 Å². The van der Waals surface area contributed by atoms with E-state index in [1.807, 2.05) is 11.8 Å². The summed E-state index contributed by atoms with van der Waals surface area (Å²) in [5.74, 6) is 3.97. The van der Waals surface area contributed by atoms with Gasteiger partial charge in [0.05, 0.1) is 11.3 Å². The van der Waals surface area contributed by atoms with Crippen molar-refractivity contribution in [2.45, 2.75) is 44.4 Å². The third kappa shape index (κ3) is 2.71. The van der Waals surface area contributed by atoms with Crippen LogP contribution in [0.5, 0.6) is 0 Å². The zero-order chi connectivity index (χ0) is 17.0. The van der Waals surface area contributed by atoms with Crippen molar-refractivity contribution in [1.29, 1.82) is 0 Å². The average Bonchev–Trinajstić information content (AvgIpc) is 3.55. The minimum atomic E-state index is 0.0354. The molecule has 2 aromatic rings. The third-order valence-electron chi connectivity index (χ3n) is 5.84. The summed E-state index contributed by atoms with van der Waals surface area (Å²) in [5.41, 5.74) is 1.34. The number of hydrogen-bond donors (Lipinski definition) is 1. The molecule has 3 aliphatic rings. The first kappa shape index (κ1) is 15.0. The lowest BCUT2D eigenvalue weighted by atomic mass is 9.91. The van der Waals surface area contributed by atoms with Crippen LogP contribution in [-0.2, 0) is 0 Å². The summed E-state index contributed by atoms with van der Waals surface area (Å²) in [6.45, 7) is 3.36. The molecule has 1 N–H and O–H groups in total. The smallest absolute Gasteiger partial charge is 0.257 e. The molecular weight excluding hydrogens is 316 g/mol. The SMILES string of the molecule is Cc1ncncc1C(=O)N1C[C@H](c2nc(C3CC3)n[nH]2)[C@@H](C2CC2)C1. The lowest BCUT2D eigenvalue weighted by Gasteiger charge is -2.16. The van der Waals surface area contributed by atoms with Crippen molar-refractivity contribution < 1.29 is 4.79 Å². The Morgan fingerprint density at radius 2 is 2.08 bits per heavy atom. The number of aryl methyl sites for hydroxylation is 1. The van der Waals surface area contributed by atoms with Crippen molar-refractivity contribution in [3.05, 3.63) is 35.4 Å².